The quantitative estimate of drug-likeness (QED) is 0.659. The van der Waals surface area contributed by atoms with Gasteiger partial charge in [0.2, 0.25) is 17.5 Å². The number of piperazine rings is 1. The number of ether oxygens (including phenoxy) is 1. The molecule has 1 saturated heterocycles. The predicted octanol–water partition coefficient (Wildman–Crippen LogP) is 3.17. The number of quaternary nitrogens is 1. The van der Waals surface area contributed by atoms with Crippen molar-refractivity contribution in [2.45, 2.75) is 13.5 Å². The van der Waals surface area contributed by atoms with E-state index in [9.17, 15) is 5.26 Å². The number of likely N-dealkylation sites (N-methyl/N-ethyl adjacent to an activating group) is 1. The lowest BCUT2D eigenvalue weighted by Gasteiger charge is -2.31. The second-order valence-electron chi connectivity index (χ2n) is 7.31. The highest BCUT2D eigenvalue weighted by molar-refractivity contribution is 6.30. The first-order valence-electron chi connectivity index (χ1n) is 10.1. The molecule has 1 aromatic heterocycles. The molecule has 0 saturated carbocycles. The van der Waals surface area contributed by atoms with E-state index in [0.29, 0.717) is 29.1 Å². The van der Waals surface area contributed by atoms with Crippen LogP contribution in [-0.2, 0) is 6.61 Å². The van der Waals surface area contributed by atoms with E-state index in [1.807, 2.05) is 48.5 Å². The van der Waals surface area contributed by atoms with Gasteiger partial charge in [0.15, 0.2) is 0 Å². The third-order valence-corrected chi connectivity index (χ3v) is 5.64. The van der Waals surface area contributed by atoms with E-state index in [4.69, 9.17) is 20.8 Å². The van der Waals surface area contributed by atoms with Crippen molar-refractivity contribution in [2.75, 3.05) is 37.6 Å². The van der Waals surface area contributed by atoms with Crippen LogP contribution in [-0.4, -0.2) is 37.7 Å². The Labute approximate surface area is 181 Å². The average molecular weight is 424 g/mol. The molecule has 0 radical (unpaired) electrons. The number of aromatic nitrogens is 1. The molecule has 0 bridgehead atoms. The standard InChI is InChI=1S/C23H23ClN4O2/c1-2-27-11-13-28(14-12-27)23-21(15-25)26-22(30-23)18-5-9-20(10-6-18)29-16-17-3-7-19(24)8-4-17/h3-10H,2,11-14,16H2,1H3/p+1. The van der Waals surface area contributed by atoms with E-state index >= 15 is 0 Å². The number of nitriles is 1. The van der Waals surface area contributed by atoms with E-state index in [1.54, 1.807) is 4.90 Å². The second-order valence-corrected chi connectivity index (χ2v) is 7.75. The summed E-state index contributed by atoms with van der Waals surface area (Å²) in [4.78, 5) is 8.11. The normalized spacial score (nSPS) is 14.5. The molecule has 0 spiro atoms. The zero-order valence-corrected chi connectivity index (χ0v) is 17.7. The van der Waals surface area contributed by atoms with E-state index in [1.165, 1.54) is 0 Å². The SMILES string of the molecule is CC[NH+]1CCN(c2oc(-c3ccc(OCc4ccc(Cl)cc4)cc3)nc2C#N)CC1. The maximum Gasteiger partial charge on any atom is 0.235 e. The molecule has 4 rings (SSSR count). The summed E-state index contributed by atoms with van der Waals surface area (Å²) in [6.45, 7) is 7.58. The van der Waals surface area contributed by atoms with Gasteiger partial charge in [-0.25, -0.2) is 0 Å². The maximum atomic E-state index is 9.51. The highest BCUT2D eigenvalue weighted by atomic mass is 35.5. The van der Waals surface area contributed by atoms with Crippen molar-refractivity contribution in [3.05, 3.63) is 64.8 Å². The van der Waals surface area contributed by atoms with Crippen molar-refractivity contribution in [3.8, 4) is 23.3 Å². The third kappa shape index (κ3) is 4.59. The van der Waals surface area contributed by atoms with E-state index < -0.39 is 0 Å². The van der Waals surface area contributed by atoms with Crippen molar-refractivity contribution >= 4 is 17.5 Å². The lowest BCUT2D eigenvalue weighted by molar-refractivity contribution is -0.898. The summed E-state index contributed by atoms with van der Waals surface area (Å²) in [5.41, 5.74) is 2.20. The van der Waals surface area contributed by atoms with Crippen LogP contribution in [0.1, 0.15) is 18.2 Å². The van der Waals surface area contributed by atoms with Gasteiger partial charge < -0.3 is 19.0 Å². The van der Waals surface area contributed by atoms with Gasteiger partial charge in [-0.15, -0.1) is 0 Å². The third-order valence-electron chi connectivity index (χ3n) is 5.39. The molecule has 0 atom stereocenters. The Bertz CT molecular complexity index is 1020. The monoisotopic (exact) mass is 423 g/mol. The number of nitrogens with zero attached hydrogens (tertiary/aromatic N) is 3. The van der Waals surface area contributed by atoms with Gasteiger partial charge in [0.25, 0.3) is 0 Å². The number of benzene rings is 2. The number of hydrogen-bond acceptors (Lipinski definition) is 5. The van der Waals surface area contributed by atoms with Gasteiger partial charge in [-0.3, -0.25) is 0 Å². The minimum atomic E-state index is 0.341. The van der Waals surface area contributed by atoms with Crippen molar-refractivity contribution in [1.82, 2.24) is 4.98 Å². The lowest BCUT2D eigenvalue weighted by atomic mass is 10.2. The molecule has 0 unspecified atom stereocenters. The Morgan fingerprint density at radius 2 is 1.83 bits per heavy atom. The van der Waals surface area contributed by atoms with Crippen LogP contribution in [0.5, 0.6) is 5.75 Å². The van der Waals surface area contributed by atoms with Crippen LogP contribution in [0.4, 0.5) is 5.88 Å². The van der Waals surface area contributed by atoms with Gasteiger partial charge >= 0.3 is 0 Å². The smallest absolute Gasteiger partial charge is 0.235 e. The molecular weight excluding hydrogens is 400 g/mol. The predicted molar refractivity (Wildman–Crippen MR) is 116 cm³/mol. The Balaban J connectivity index is 1.44. The van der Waals surface area contributed by atoms with E-state index in [0.717, 1.165) is 49.6 Å². The lowest BCUT2D eigenvalue weighted by Crippen LogP contribution is -3.14. The maximum absolute atomic E-state index is 9.51. The summed E-state index contributed by atoms with van der Waals surface area (Å²) >= 11 is 5.91. The summed E-state index contributed by atoms with van der Waals surface area (Å²) in [6.07, 6.45) is 0. The first-order chi connectivity index (χ1) is 14.7. The number of nitrogens with one attached hydrogen (secondary N) is 1. The number of halogens is 1. The Morgan fingerprint density at radius 1 is 1.13 bits per heavy atom. The van der Waals surface area contributed by atoms with Crippen LogP contribution >= 0.6 is 11.6 Å². The second kappa shape index (κ2) is 9.21. The molecule has 7 heteroatoms. The molecule has 1 N–H and O–H groups in total. The van der Waals surface area contributed by atoms with Gasteiger partial charge in [-0.2, -0.15) is 10.2 Å². The molecule has 3 aromatic rings. The summed E-state index contributed by atoms with van der Waals surface area (Å²) in [5, 5.41) is 10.2. The Morgan fingerprint density at radius 3 is 2.47 bits per heavy atom. The van der Waals surface area contributed by atoms with Crippen molar-refractivity contribution in [2.24, 2.45) is 0 Å². The molecule has 1 aliphatic heterocycles. The van der Waals surface area contributed by atoms with Crippen LogP contribution in [0.3, 0.4) is 0 Å². The zero-order valence-electron chi connectivity index (χ0n) is 16.9. The van der Waals surface area contributed by atoms with Crippen molar-refractivity contribution in [1.29, 1.82) is 5.26 Å². The molecular formula is C23H24ClN4O2+. The summed E-state index contributed by atoms with van der Waals surface area (Å²) < 4.78 is 11.8. The summed E-state index contributed by atoms with van der Waals surface area (Å²) in [7, 11) is 0. The van der Waals surface area contributed by atoms with Gasteiger partial charge in [0, 0.05) is 10.6 Å². The Kier molecular flexibility index (Phi) is 6.22. The minimum absolute atomic E-state index is 0.341. The van der Waals surface area contributed by atoms with E-state index in [-0.39, 0.29) is 0 Å². The molecule has 2 aromatic carbocycles. The molecule has 6 nitrogen and oxygen atoms in total. The van der Waals surface area contributed by atoms with Gasteiger partial charge in [0.05, 0.1) is 32.7 Å². The fraction of sp³-hybridized carbons (Fsp3) is 0.304. The highest BCUT2D eigenvalue weighted by Crippen LogP contribution is 2.29. The molecule has 1 aliphatic rings. The molecule has 1 fully saturated rings. The molecule has 154 valence electrons. The number of hydrogen-bond donors (Lipinski definition) is 1. The van der Waals surface area contributed by atoms with Crippen molar-refractivity contribution < 1.29 is 14.1 Å². The van der Waals surface area contributed by atoms with Gasteiger partial charge in [0.1, 0.15) is 18.4 Å². The topological polar surface area (TPSA) is 66.7 Å². The number of anilines is 1. The number of rotatable bonds is 6. The Hall–Kier alpha value is -3.01. The zero-order chi connectivity index (χ0) is 20.9. The fourth-order valence-corrected chi connectivity index (χ4v) is 3.67. The highest BCUT2D eigenvalue weighted by Gasteiger charge is 2.25. The van der Waals surface area contributed by atoms with Gasteiger partial charge in [-0.05, 0) is 48.9 Å². The van der Waals surface area contributed by atoms with Crippen LogP contribution in [0.25, 0.3) is 11.5 Å². The van der Waals surface area contributed by atoms with Crippen LogP contribution in [0.15, 0.2) is 52.9 Å². The first kappa shape index (κ1) is 20.3. The van der Waals surface area contributed by atoms with Crippen LogP contribution in [0, 0.1) is 11.3 Å². The average Bonchev–Trinajstić information content (AvgIpc) is 3.23. The largest absolute Gasteiger partial charge is 0.489 e. The summed E-state index contributed by atoms with van der Waals surface area (Å²) in [5.74, 6) is 1.78. The van der Waals surface area contributed by atoms with Gasteiger partial charge in [-0.1, -0.05) is 23.7 Å². The molecule has 2 heterocycles. The van der Waals surface area contributed by atoms with Crippen LogP contribution in [0.2, 0.25) is 5.02 Å². The molecule has 30 heavy (non-hydrogen) atoms. The fourth-order valence-electron chi connectivity index (χ4n) is 3.54. The van der Waals surface area contributed by atoms with Crippen LogP contribution < -0.4 is 14.5 Å². The minimum Gasteiger partial charge on any atom is -0.489 e. The van der Waals surface area contributed by atoms with E-state index in [2.05, 4.69) is 22.9 Å². The summed E-state index contributed by atoms with van der Waals surface area (Å²) in [6, 6.07) is 17.3. The number of oxazole rings is 1. The first-order valence-corrected chi connectivity index (χ1v) is 10.5. The molecule has 0 amide bonds. The molecule has 0 aliphatic carbocycles. The van der Waals surface area contributed by atoms with Crippen molar-refractivity contribution in [3.63, 3.8) is 0 Å².